The van der Waals surface area contributed by atoms with Crippen molar-refractivity contribution in [2.75, 3.05) is 19.0 Å². The minimum atomic E-state index is -0.966. The summed E-state index contributed by atoms with van der Waals surface area (Å²) in [6, 6.07) is 0. The summed E-state index contributed by atoms with van der Waals surface area (Å²) in [6.45, 7) is 11.1. The first kappa shape index (κ1) is 18.0. The Morgan fingerprint density at radius 3 is 2.35 bits per heavy atom. The Balaban J connectivity index is 2.85. The third-order valence-corrected chi connectivity index (χ3v) is 4.32. The zero-order valence-corrected chi connectivity index (χ0v) is 14.1. The zero-order chi connectivity index (χ0) is 15.2. The molecule has 0 saturated carbocycles. The normalized spacial score (nSPS) is 25.9. The van der Waals surface area contributed by atoms with Crippen LogP contribution in [0.2, 0.25) is 0 Å². The lowest BCUT2D eigenvalue weighted by atomic mass is 9.87. The molecule has 1 aliphatic heterocycles. The van der Waals surface area contributed by atoms with Gasteiger partial charge < -0.3 is 14.2 Å². The highest BCUT2D eigenvalue weighted by molar-refractivity contribution is 8.13. The Kier molecular flexibility index (Phi) is 7.51. The lowest BCUT2D eigenvalue weighted by molar-refractivity contribution is -0.413. The Labute approximate surface area is 126 Å². The monoisotopic (exact) mass is 304 g/mol. The summed E-state index contributed by atoms with van der Waals surface area (Å²) >= 11 is 1.39. The molecule has 0 unspecified atom stereocenters. The predicted molar refractivity (Wildman–Crippen MR) is 81.6 cm³/mol. The van der Waals surface area contributed by atoms with Crippen LogP contribution in [0.15, 0.2) is 0 Å². The van der Waals surface area contributed by atoms with E-state index in [1.165, 1.54) is 11.8 Å². The highest BCUT2D eigenvalue weighted by Gasteiger charge is 2.46. The molecular formula is C15H28O4S. The molecule has 0 amide bonds. The van der Waals surface area contributed by atoms with Crippen LogP contribution in [0.4, 0.5) is 0 Å². The molecule has 1 rings (SSSR count). The number of hydrogen-bond donors (Lipinski definition) is 0. The summed E-state index contributed by atoms with van der Waals surface area (Å²) < 4.78 is 17.6. The van der Waals surface area contributed by atoms with Crippen LogP contribution in [-0.4, -0.2) is 36.2 Å². The van der Waals surface area contributed by atoms with Crippen LogP contribution in [-0.2, 0) is 19.0 Å². The van der Waals surface area contributed by atoms with Crippen LogP contribution >= 0.6 is 11.8 Å². The molecule has 0 radical (unpaired) electrons. The molecule has 1 aliphatic rings. The van der Waals surface area contributed by atoms with Crippen molar-refractivity contribution < 1.29 is 19.0 Å². The van der Waals surface area contributed by atoms with Crippen LogP contribution in [0.3, 0.4) is 0 Å². The Morgan fingerprint density at radius 2 is 1.90 bits per heavy atom. The highest BCUT2D eigenvalue weighted by atomic mass is 32.2. The van der Waals surface area contributed by atoms with Gasteiger partial charge in [-0.2, -0.15) is 0 Å². The van der Waals surface area contributed by atoms with Crippen molar-refractivity contribution in [3.63, 3.8) is 0 Å². The van der Waals surface area contributed by atoms with E-state index in [1.807, 2.05) is 20.8 Å². The maximum Gasteiger partial charge on any atom is 0.283 e. The molecular weight excluding hydrogens is 276 g/mol. The van der Waals surface area contributed by atoms with Gasteiger partial charge in [0.05, 0.1) is 12.0 Å². The summed E-state index contributed by atoms with van der Waals surface area (Å²) in [5.41, 5.74) is 0. The summed E-state index contributed by atoms with van der Waals surface area (Å²) in [5, 5.41) is 0.229. The molecule has 2 atom stereocenters. The van der Waals surface area contributed by atoms with Crippen molar-refractivity contribution >= 4 is 16.9 Å². The molecule has 1 heterocycles. The fourth-order valence-electron chi connectivity index (χ4n) is 2.64. The molecule has 0 aromatic rings. The molecule has 1 fully saturated rings. The average molecular weight is 304 g/mol. The Morgan fingerprint density at radius 1 is 1.30 bits per heavy atom. The molecule has 1 saturated heterocycles. The molecule has 0 spiro atoms. The molecule has 0 aromatic heterocycles. The first-order valence-corrected chi connectivity index (χ1v) is 8.60. The van der Waals surface area contributed by atoms with E-state index < -0.39 is 5.97 Å². The van der Waals surface area contributed by atoms with Gasteiger partial charge in [0, 0.05) is 19.6 Å². The number of ether oxygens (including phenoxy) is 3. The van der Waals surface area contributed by atoms with Crippen LogP contribution in [0.25, 0.3) is 0 Å². The third kappa shape index (κ3) is 4.45. The SMILES string of the molecule is CCOC1(OCC)CC[C@H](C(=O)SCC)[C@@H](C(C)C)O1. The fraction of sp³-hybridized carbons (Fsp3) is 0.933. The molecule has 0 bridgehead atoms. The van der Waals surface area contributed by atoms with Gasteiger partial charge in [0.15, 0.2) is 5.12 Å². The second-order valence-electron chi connectivity index (χ2n) is 5.27. The van der Waals surface area contributed by atoms with Crippen LogP contribution < -0.4 is 0 Å². The first-order chi connectivity index (χ1) is 9.49. The van der Waals surface area contributed by atoms with Gasteiger partial charge in [0.2, 0.25) is 0 Å². The highest BCUT2D eigenvalue weighted by Crippen LogP contribution is 2.39. The number of carbonyl (C=O) groups is 1. The van der Waals surface area contributed by atoms with Gasteiger partial charge in [-0.3, -0.25) is 4.79 Å². The maximum atomic E-state index is 12.2. The van der Waals surface area contributed by atoms with Crippen molar-refractivity contribution in [1.29, 1.82) is 0 Å². The van der Waals surface area contributed by atoms with Crippen molar-refractivity contribution in [2.45, 2.75) is 59.5 Å². The van der Waals surface area contributed by atoms with E-state index in [0.29, 0.717) is 19.6 Å². The van der Waals surface area contributed by atoms with Crippen molar-refractivity contribution in [2.24, 2.45) is 11.8 Å². The molecule has 5 heteroatoms. The minimum Gasteiger partial charge on any atom is -0.328 e. The van der Waals surface area contributed by atoms with E-state index in [9.17, 15) is 4.79 Å². The van der Waals surface area contributed by atoms with Crippen LogP contribution in [0, 0.1) is 11.8 Å². The second-order valence-corrected chi connectivity index (χ2v) is 6.54. The quantitative estimate of drug-likeness (QED) is 0.674. The summed E-state index contributed by atoms with van der Waals surface area (Å²) in [4.78, 5) is 12.2. The molecule has 0 N–H and O–H groups in total. The van der Waals surface area contributed by atoms with E-state index >= 15 is 0 Å². The zero-order valence-electron chi connectivity index (χ0n) is 13.3. The van der Waals surface area contributed by atoms with E-state index in [-0.39, 0.29) is 23.1 Å². The van der Waals surface area contributed by atoms with Gasteiger partial charge in [0.25, 0.3) is 5.97 Å². The van der Waals surface area contributed by atoms with E-state index in [0.717, 1.165) is 12.2 Å². The van der Waals surface area contributed by atoms with E-state index in [2.05, 4.69) is 13.8 Å². The van der Waals surface area contributed by atoms with Gasteiger partial charge in [-0.15, -0.1) is 0 Å². The number of hydrogen-bond acceptors (Lipinski definition) is 5. The fourth-order valence-corrected chi connectivity index (χ4v) is 3.39. The number of rotatable bonds is 7. The van der Waals surface area contributed by atoms with E-state index in [1.54, 1.807) is 0 Å². The molecule has 20 heavy (non-hydrogen) atoms. The van der Waals surface area contributed by atoms with Gasteiger partial charge in [0.1, 0.15) is 0 Å². The largest absolute Gasteiger partial charge is 0.328 e. The summed E-state index contributed by atoms with van der Waals surface area (Å²) in [7, 11) is 0. The van der Waals surface area contributed by atoms with Crippen LogP contribution in [0.1, 0.15) is 47.5 Å². The topological polar surface area (TPSA) is 44.8 Å². The first-order valence-electron chi connectivity index (χ1n) is 7.62. The van der Waals surface area contributed by atoms with E-state index in [4.69, 9.17) is 14.2 Å². The minimum absolute atomic E-state index is 0.0611. The molecule has 118 valence electrons. The summed E-state index contributed by atoms with van der Waals surface area (Å²) in [5.74, 6) is 0.0323. The number of thioether (sulfide) groups is 1. The third-order valence-electron chi connectivity index (χ3n) is 3.45. The smallest absolute Gasteiger partial charge is 0.283 e. The lowest BCUT2D eigenvalue weighted by Gasteiger charge is -2.44. The van der Waals surface area contributed by atoms with Gasteiger partial charge in [-0.1, -0.05) is 32.5 Å². The standard InChI is InChI=1S/C15H28O4S/c1-6-17-15(18-7-2)10-9-12(14(16)20-8-3)13(19-15)11(4)5/h11-13H,6-10H2,1-5H3/t12-,13+/m0/s1. The van der Waals surface area contributed by atoms with Crippen molar-refractivity contribution in [1.82, 2.24) is 0 Å². The summed E-state index contributed by atoms with van der Waals surface area (Å²) in [6.07, 6.45) is 1.22. The average Bonchev–Trinajstić information content (AvgIpc) is 2.39. The van der Waals surface area contributed by atoms with Crippen molar-refractivity contribution in [3.8, 4) is 0 Å². The molecule has 0 aliphatic carbocycles. The van der Waals surface area contributed by atoms with Gasteiger partial charge >= 0.3 is 0 Å². The molecule has 4 nitrogen and oxygen atoms in total. The Hall–Kier alpha value is -0.100. The number of carbonyl (C=O) groups excluding carboxylic acids is 1. The maximum absolute atomic E-state index is 12.2. The van der Waals surface area contributed by atoms with Gasteiger partial charge in [-0.05, 0) is 31.9 Å². The lowest BCUT2D eigenvalue weighted by Crippen LogP contribution is -2.52. The Bertz CT molecular complexity index is 300. The van der Waals surface area contributed by atoms with Gasteiger partial charge in [-0.25, -0.2) is 0 Å². The van der Waals surface area contributed by atoms with Crippen molar-refractivity contribution in [3.05, 3.63) is 0 Å². The van der Waals surface area contributed by atoms with Crippen LogP contribution in [0.5, 0.6) is 0 Å². The second kappa shape index (κ2) is 8.37. The molecule has 0 aromatic carbocycles. The predicted octanol–water partition coefficient (Wildman–Crippen LogP) is 3.44.